The Labute approximate surface area is 125 Å². The molecule has 1 aliphatic carbocycles. The molecule has 4 nitrogen and oxygen atoms in total. The number of carbonyl (C=O) groups is 1. The third kappa shape index (κ3) is 2.15. The van der Waals surface area contributed by atoms with Crippen LogP contribution in [0, 0.1) is 12.3 Å². The zero-order valence-corrected chi connectivity index (χ0v) is 12.1. The minimum absolute atomic E-state index is 0.155. The van der Waals surface area contributed by atoms with Crippen LogP contribution in [0.3, 0.4) is 0 Å². The molecule has 2 aromatic heterocycles. The first-order valence-electron chi connectivity index (χ1n) is 7.16. The monoisotopic (exact) mass is 311 g/mol. The number of aryl methyl sites for hydroxylation is 1. The van der Waals surface area contributed by atoms with Crippen LogP contribution in [0.15, 0.2) is 24.5 Å². The molecule has 0 aliphatic heterocycles. The van der Waals surface area contributed by atoms with Gasteiger partial charge in [0.25, 0.3) is 0 Å². The molecule has 118 valence electrons. The van der Waals surface area contributed by atoms with Gasteiger partial charge in [-0.05, 0) is 31.4 Å². The van der Waals surface area contributed by atoms with Crippen LogP contribution < -0.4 is 5.32 Å². The summed E-state index contributed by atoms with van der Waals surface area (Å²) < 4.78 is 41.8. The molecule has 0 aromatic carbocycles. The Balaban J connectivity index is 1.94. The molecule has 1 fully saturated rings. The summed E-state index contributed by atoms with van der Waals surface area (Å²) in [4.78, 5) is 16.5. The first kappa shape index (κ1) is 14.9. The summed E-state index contributed by atoms with van der Waals surface area (Å²) >= 11 is 0. The zero-order chi connectivity index (χ0) is 16.0. The van der Waals surface area contributed by atoms with Gasteiger partial charge >= 0.3 is 6.18 Å². The molecule has 1 amide bonds. The van der Waals surface area contributed by atoms with Crippen molar-refractivity contribution in [3.05, 3.63) is 30.1 Å². The summed E-state index contributed by atoms with van der Waals surface area (Å²) in [6, 6.07) is 3.61. The number of halogens is 3. The third-order valence-electron chi connectivity index (χ3n) is 4.41. The number of alkyl halides is 3. The van der Waals surface area contributed by atoms with Crippen molar-refractivity contribution in [2.24, 2.45) is 5.41 Å². The lowest BCUT2D eigenvalue weighted by Gasteiger charge is -2.29. The largest absolute Gasteiger partial charge is 0.403 e. The van der Waals surface area contributed by atoms with E-state index >= 15 is 0 Å². The standard InChI is InChI=1S/C15H16F3N3O/c1-10-5-4-8-21-11(9-19-12(10)21)20-13(22)14(15(16,17)18)6-2-3-7-14/h4-5,8-9H,2-3,6-7H2,1H3,(H,20,22). The number of hydrogen-bond donors (Lipinski definition) is 1. The second kappa shape index (κ2) is 5.00. The molecule has 0 unspecified atom stereocenters. The smallest absolute Gasteiger partial charge is 0.310 e. The van der Waals surface area contributed by atoms with E-state index in [1.54, 1.807) is 16.7 Å². The summed E-state index contributed by atoms with van der Waals surface area (Å²) in [7, 11) is 0. The number of nitrogens with zero attached hydrogens (tertiary/aromatic N) is 2. The van der Waals surface area contributed by atoms with E-state index in [9.17, 15) is 18.0 Å². The number of rotatable bonds is 2. The van der Waals surface area contributed by atoms with Crippen molar-refractivity contribution in [2.75, 3.05) is 5.32 Å². The van der Waals surface area contributed by atoms with Crippen LogP contribution in [0.1, 0.15) is 31.2 Å². The quantitative estimate of drug-likeness (QED) is 0.919. The molecule has 0 bridgehead atoms. The van der Waals surface area contributed by atoms with E-state index in [-0.39, 0.29) is 18.7 Å². The van der Waals surface area contributed by atoms with Gasteiger partial charge in [-0.1, -0.05) is 18.9 Å². The molecule has 2 heterocycles. The summed E-state index contributed by atoms with van der Waals surface area (Å²) in [6.07, 6.45) is -0.961. The summed E-state index contributed by atoms with van der Waals surface area (Å²) in [5, 5.41) is 2.42. The minimum atomic E-state index is -4.54. The Morgan fingerprint density at radius 1 is 1.36 bits per heavy atom. The van der Waals surface area contributed by atoms with Gasteiger partial charge in [0, 0.05) is 6.20 Å². The molecule has 1 aliphatic rings. The van der Waals surface area contributed by atoms with Gasteiger partial charge in [-0.2, -0.15) is 13.2 Å². The van der Waals surface area contributed by atoms with E-state index < -0.39 is 17.5 Å². The average molecular weight is 311 g/mol. The summed E-state index contributed by atoms with van der Waals surface area (Å²) in [5.74, 6) is -0.722. The average Bonchev–Trinajstić information content (AvgIpc) is 3.06. The maximum Gasteiger partial charge on any atom is 0.403 e. The predicted octanol–water partition coefficient (Wildman–Crippen LogP) is 3.70. The van der Waals surface area contributed by atoms with Gasteiger partial charge in [0.15, 0.2) is 0 Å². The van der Waals surface area contributed by atoms with Gasteiger partial charge in [0.05, 0.1) is 6.20 Å². The van der Waals surface area contributed by atoms with Crippen molar-refractivity contribution < 1.29 is 18.0 Å². The van der Waals surface area contributed by atoms with Crippen molar-refractivity contribution in [1.29, 1.82) is 0 Å². The van der Waals surface area contributed by atoms with Crippen LogP contribution >= 0.6 is 0 Å². The fourth-order valence-electron chi connectivity index (χ4n) is 3.10. The Morgan fingerprint density at radius 2 is 2.05 bits per heavy atom. The Kier molecular flexibility index (Phi) is 3.38. The SMILES string of the molecule is Cc1cccn2c(NC(=O)C3(C(F)(F)F)CCCC3)cnc12. The van der Waals surface area contributed by atoms with E-state index in [0.717, 1.165) is 5.56 Å². The molecule has 7 heteroatoms. The lowest BCUT2D eigenvalue weighted by Crippen LogP contribution is -2.46. The molecule has 3 rings (SSSR count). The zero-order valence-electron chi connectivity index (χ0n) is 12.1. The molecule has 22 heavy (non-hydrogen) atoms. The number of hydrogen-bond acceptors (Lipinski definition) is 2. The number of fused-ring (bicyclic) bond motifs is 1. The number of amides is 1. The number of imidazole rings is 1. The van der Waals surface area contributed by atoms with Crippen LogP contribution in [0.2, 0.25) is 0 Å². The van der Waals surface area contributed by atoms with Crippen molar-refractivity contribution in [3.8, 4) is 0 Å². The van der Waals surface area contributed by atoms with E-state index in [1.807, 2.05) is 13.0 Å². The topological polar surface area (TPSA) is 46.4 Å². The molecule has 0 saturated heterocycles. The highest BCUT2D eigenvalue weighted by Crippen LogP contribution is 2.51. The van der Waals surface area contributed by atoms with E-state index in [0.29, 0.717) is 18.5 Å². The van der Waals surface area contributed by atoms with Gasteiger partial charge in [0.1, 0.15) is 16.9 Å². The van der Waals surface area contributed by atoms with Crippen LogP contribution in [0.5, 0.6) is 0 Å². The molecular weight excluding hydrogens is 295 g/mol. The molecule has 2 aromatic rings. The molecule has 1 N–H and O–H groups in total. The van der Waals surface area contributed by atoms with Gasteiger partial charge < -0.3 is 5.32 Å². The van der Waals surface area contributed by atoms with Gasteiger partial charge in [0.2, 0.25) is 5.91 Å². The first-order chi connectivity index (χ1) is 10.3. The number of aromatic nitrogens is 2. The molecule has 0 atom stereocenters. The maximum absolute atomic E-state index is 13.4. The molecule has 0 radical (unpaired) electrons. The van der Waals surface area contributed by atoms with Crippen LogP contribution in [0.25, 0.3) is 5.65 Å². The van der Waals surface area contributed by atoms with E-state index in [4.69, 9.17) is 0 Å². The van der Waals surface area contributed by atoms with E-state index in [2.05, 4.69) is 10.3 Å². The number of nitrogens with one attached hydrogen (secondary N) is 1. The van der Waals surface area contributed by atoms with Gasteiger partial charge in [-0.15, -0.1) is 0 Å². The first-order valence-corrected chi connectivity index (χ1v) is 7.16. The Morgan fingerprint density at radius 3 is 2.68 bits per heavy atom. The second-order valence-corrected chi connectivity index (χ2v) is 5.77. The van der Waals surface area contributed by atoms with Gasteiger partial charge in [-0.3, -0.25) is 9.20 Å². The van der Waals surface area contributed by atoms with E-state index in [1.165, 1.54) is 6.20 Å². The molecule has 0 spiro atoms. The Bertz CT molecular complexity index is 714. The van der Waals surface area contributed by atoms with Gasteiger partial charge in [-0.25, -0.2) is 4.98 Å². The van der Waals surface area contributed by atoms with Crippen molar-refractivity contribution in [2.45, 2.75) is 38.8 Å². The number of anilines is 1. The lowest BCUT2D eigenvalue weighted by atomic mass is 9.84. The summed E-state index contributed by atoms with van der Waals surface area (Å²) in [5.41, 5.74) is -0.777. The summed E-state index contributed by atoms with van der Waals surface area (Å²) in [6.45, 7) is 1.85. The fraction of sp³-hybridized carbons (Fsp3) is 0.467. The highest BCUT2D eigenvalue weighted by Gasteiger charge is 2.61. The Hall–Kier alpha value is -2.05. The van der Waals surface area contributed by atoms with Crippen LogP contribution in [-0.4, -0.2) is 21.5 Å². The van der Waals surface area contributed by atoms with Crippen molar-refractivity contribution >= 4 is 17.4 Å². The second-order valence-electron chi connectivity index (χ2n) is 5.77. The van der Waals surface area contributed by atoms with Crippen molar-refractivity contribution in [1.82, 2.24) is 9.38 Å². The maximum atomic E-state index is 13.4. The number of carbonyl (C=O) groups excluding carboxylic acids is 1. The highest BCUT2D eigenvalue weighted by atomic mass is 19.4. The third-order valence-corrected chi connectivity index (χ3v) is 4.41. The minimum Gasteiger partial charge on any atom is -0.310 e. The highest BCUT2D eigenvalue weighted by molar-refractivity contribution is 5.95. The number of pyridine rings is 1. The molecule has 1 saturated carbocycles. The van der Waals surface area contributed by atoms with Crippen LogP contribution in [0.4, 0.5) is 19.0 Å². The predicted molar refractivity (Wildman–Crippen MR) is 75.5 cm³/mol. The van der Waals surface area contributed by atoms with Crippen molar-refractivity contribution in [3.63, 3.8) is 0 Å². The van der Waals surface area contributed by atoms with Crippen LogP contribution in [-0.2, 0) is 4.79 Å². The fourth-order valence-corrected chi connectivity index (χ4v) is 3.10. The molecular formula is C15H16F3N3O. The normalized spacial score (nSPS) is 17.8. The lowest BCUT2D eigenvalue weighted by molar-refractivity contribution is -0.217.